The number of anilines is 1. The fraction of sp³-hybridized carbons (Fsp3) is 0.421. The molecule has 0 aromatic carbocycles. The van der Waals surface area contributed by atoms with Gasteiger partial charge in [0, 0.05) is 16.0 Å². The molecule has 0 spiro atoms. The predicted octanol–water partition coefficient (Wildman–Crippen LogP) is 4.13. The summed E-state index contributed by atoms with van der Waals surface area (Å²) in [4.78, 5) is 28.1. The number of nitrogens with zero attached hydrogens (tertiary/aromatic N) is 4. The van der Waals surface area contributed by atoms with Crippen LogP contribution in [0.25, 0.3) is 10.2 Å². The van der Waals surface area contributed by atoms with Gasteiger partial charge in [-0.1, -0.05) is 18.7 Å². The number of carbonyl (C=O) groups excluding carboxylic acids is 1. The average Bonchev–Trinajstić information content (AvgIpc) is 3.23. The van der Waals surface area contributed by atoms with E-state index in [-0.39, 0.29) is 11.5 Å². The van der Waals surface area contributed by atoms with Crippen molar-refractivity contribution in [3.05, 3.63) is 26.5 Å². The minimum absolute atomic E-state index is 0.115. The topological polar surface area (TPSA) is 106 Å². The van der Waals surface area contributed by atoms with E-state index in [1.54, 1.807) is 11.3 Å². The fourth-order valence-electron chi connectivity index (χ4n) is 3.40. The van der Waals surface area contributed by atoms with E-state index >= 15 is 0 Å². The number of carbonyl (C=O) groups is 1. The molecule has 1 aliphatic carbocycles. The highest BCUT2D eigenvalue weighted by atomic mass is 32.2. The lowest BCUT2D eigenvalue weighted by Gasteiger charge is -2.17. The van der Waals surface area contributed by atoms with E-state index in [4.69, 9.17) is 5.73 Å². The molecule has 9 heteroatoms. The molecule has 0 fully saturated rings. The van der Waals surface area contributed by atoms with Crippen molar-refractivity contribution in [3.8, 4) is 6.07 Å². The number of aromatic nitrogens is 3. The van der Waals surface area contributed by atoms with Crippen LogP contribution in [0.3, 0.4) is 0 Å². The van der Waals surface area contributed by atoms with Crippen LogP contribution in [-0.2, 0) is 17.6 Å². The first kappa shape index (κ1) is 19.3. The number of thiazole rings is 1. The largest absolute Gasteiger partial charge is 0.383 e. The minimum atomic E-state index is -0.845. The Morgan fingerprint density at radius 1 is 1.46 bits per heavy atom. The molecule has 2 N–H and O–H groups in total. The molecule has 3 aromatic heterocycles. The molecule has 6 nitrogen and oxygen atoms in total. The molecule has 1 aliphatic rings. The van der Waals surface area contributed by atoms with E-state index in [0.29, 0.717) is 21.9 Å². The lowest BCUT2D eigenvalue weighted by molar-refractivity contribution is -0.116. The van der Waals surface area contributed by atoms with Crippen LogP contribution in [0.15, 0.2) is 10.5 Å². The van der Waals surface area contributed by atoms with Crippen LogP contribution in [0.5, 0.6) is 0 Å². The van der Waals surface area contributed by atoms with Gasteiger partial charge in [-0.2, -0.15) is 5.26 Å². The molecule has 0 radical (unpaired) electrons. The Kier molecular flexibility index (Phi) is 5.36. The molecule has 3 aromatic rings. The van der Waals surface area contributed by atoms with Gasteiger partial charge in [0.15, 0.2) is 16.9 Å². The number of hydrogen-bond acceptors (Lipinski definition) is 9. The number of ketones is 1. The zero-order valence-corrected chi connectivity index (χ0v) is 18.0. The second-order valence-corrected chi connectivity index (χ2v) is 9.98. The molecule has 28 heavy (non-hydrogen) atoms. The van der Waals surface area contributed by atoms with Gasteiger partial charge in [0.1, 0.15) is 15.7 Å². The Morgan fingerprint density at radius 2 is 2.29 bits per heavy atom. The first-order valence-corrected chi connectivity index (χ1v) is 11.7. The standard InChI is InChI=1S/C19H19N5OS3/c1-9-3-4-11-14(5-9)28-18-15(11)16(21)23-19(24-18)27-8-13(25)12(6-20)17-22-10(2)7-26-17/h7,9,12H,3-5,8H2,1-2H3,(H2,21,23,24)/t9-,12+/m1/s1. The van der Waals surface area contributed by atoms with Crippen LogP contribution < -0.4 is 5.73 Å². The monoisotopic (exact) mass is 429 g/mol. The summed E-state index contributed by atoms with van der Waals surface area (Å²) in [7, 11) is 0. The second-order valence-electron chi connectivity index (χ2n) is 7.07. The van der Waals surface area contributed by atoms with Crippen molar-refractivity contribution in [2.24, 2.45) is 5.92 Å². The molecule has 0 saturated carbocycles. The van der Waals surface area contributed by atoms with Crippen molar-refractivity contribution in [1.82, 2.24) is 15.0 Å². The quantitative estimate of drug-likeness (QED) is 0.480. The first-order valence-electron chi connectivity index (χ1n) is 9.01. The maximum atomic E-state index is 12.5. The number of rotatable bonds is 5. The third kappa shape index (κ3) is 3.64. The third-order valence-corrected chi connectivity index (χ3v) is 7.89. The third-order valence-electron chi connectivity index (χ3n) is 4.84. The smallest absolute Gasteiger partial charge is 0.191 e. The summed E-state index contributed by atoms with van der Waals surface area (Å²) in [6.07, 6.45) is 3.25. The molecule has 144 valence electrons. The van der Waals surface area contributed by atoms with Crippen LogP contribution in [0, 0.1) is 24.2 Å². The Balaban J connectivity index is 1.54. The van der Waals surface area contributed by atoms with Crippen molar-refractivity contribution in [3.63, 3.8) is 0 Å². The molecule has 0 unspecified atom stereocenters. The van der Waals surface area contributed by atoms with Gasteiger partial charge in [0.05, 0.1) is 17.2 Å². The molecule has 0 bridgehead atoms. The Bertz CT molecular complexity index is 1100. The second kappa shape index (κ2) is 7.78. The lowest BCUT2D eigenvalue weighted by Crippen LogP contribution is -2.13. The Morgan fingerprint density at radius 3 is 3.00 bits per heavy atom. The summed E-state index contributed by atoms with van der Waals surface area (Å²) in [5, 5.41) is 13.2. The van der Waals surface area contributed by atoms with Crippen LogP contribution in [-0.4, -0.2) is 26.5 Å². The van der Waals surface area contributed by atoms with Crippen LogP contribution in [0.4, 0.5) is 5.82 Å². The summed E-state index contributed by atoms with van der Waals surface area (Å²) in [5.74, 6) is 0.244. The highest BCUT2D eigenvalue weighted by Crippen LogP contribution is 2.40. The summed E-state index contributed by atoms with van der Waals surface area (Å²) in [6, 6.07) is 2.07. The SMILES string of the molecule is Cc1csc([C@@H](C#N)C(=O)CSc2nc(N)c3c4c(sc3n2)C[C@H](C)CC4)n1. The number of aryl methyl sites for hydroxylation is 2. The van der Waals surface area contributed by atoms with E-state index < -0.39 is 5.92 Å². The van der Waals surface area contributed by atoms with E-state index in [9.17, 15) is 10.1 Å². The van der Waals surface area contributed by atoms with E-state index in [1.165, 1.54) is 33.5 Å². The van der Waals surface area contributed by atoms with Crippen molar-refractivity contribution in [2.45, 2.75) is 44.2 Å². The summed E-state index contributed by atoms with van der Waals surface area (Å²) < 4.78 is 0. The normalized spacial score (nSPS) is 17.2. The van der Waals surface area contributed by atoms with Crippen LogP contribution >= 0.6 is 34.4 Å². The van der Waals surface area contributed by atoms with Gasteiger partial charge >= 0.3 is 0 Å². The van der Waals surface area contributed by atoms with Gasteiger partial charge in [-0.15, -0.1) is 22.7 Å². The molecular weight excluding hydrogens is 410 g/mol. The van der Waals surface area contributed by atoms with Crippen molar-refractivity contribution < 1.29 is 4.79 Å². The zero-order valence-electron chi connectivity index (χ0n) is 15.6. The van der Waals surface area contributed by atoms with Crippen LogP contribution in [0.2, 0.25) is 0 Å². The van der Waals surface area contributed by atoms with Gasteiger partial charge in [-0.25, -0.2) is 15.0 Å². The molecule has 4 rings (SSSR count). The molecule has 2 atom stereocenters. The average molecular weight is 430 g/mol. The number of nitriles is 1. The number of thioether (sulfide) groups is 1. The van der Waals surface area contributed by atoms with Gasteiger partial charge in [0.25, 0.3) is 0 Å². The van der Waals surface area contributed by atoms with Gasteiger partial charge in [-0.3, -0.25) is 4.79 Å². The number of fused-ring (bicyclic) bond motifs is 3. The predicted molar refractivity (Wildman–Crippen MR) is 114 cm³/mol. The molecule has 0 aliphatic heterocycles. The Labute approximate surface area is 175 Å². The summed E-state index contributed by atoms with van der Waals surface area (Å²) in [6.45, 7) is 4.12. The molecule has 3 heterocycles. The van der Waals surface area contributed by atoms with Gasteiger partial charge in [-0.05, 0) is 37.7 Å². The molecule has 0 saturated heterocycles. The number of Topliss-reactive ketones (excluding diaryl/α,β-unsaturated/α-hetero) is 1. The van der Waals surface area contributed by atoms with Gasteiger partial charge < -0.3 is 5.73 Å². The number of nitrogen functional groups attached to an aromatic ring is 1. The van der Waals surface area contributed by atoms with E-state index in [2.05, 4.69) is 27.9 Å². The number of thiophene rings is 1. The minimum Gasteiger partial charge on any atom is -0.383 e. The number of nitrogens with two attached hydrogens (primary N) is 1. The maximum absolute atomic E-state index is 12.5. The van der Waals surface area contributed by atoms with Crippen molar-refractivity contribution >= 4 is 56.3 Å². The Hall–Kier alpha value is -2.02. The van der Waals surface area contributed by atoms with E-state index in [1.807, 2.05) is 12.3 Å². The lowest BCUT2D eigenvalue weighted by atomic mass is 9.89. The molecular formula is C19H19N5OS3. The van der Waals surface area contributed by atoms with Crippen LogP contribution in [0.1, 0.15) is 40.4 Å². The van der Waals surface area contributed by atoms with E-state index in [0.717, 1.165) is 35.2 Å². The maximum Gasteiger partial charge on any atom is 0.191 e. The summed E-state index contributed by atoms with van der Waals surface area (Å²) >= 11 is 4.25. The van der Waals surface area contributed by atoms with Crippen molar-refractivity contribution in [1.29, 1.82) is 5.26 Å². The van der Waals surface area contributed by atoms with Crippen molar-refractivity contribution in [2.75, 3.05) is 11.5 Å². The summed E-state index contributed by atoms with van der Waals surface area (Å²) in [5.41, 5.74) is 8.36. The first-order chi connectivity index (χ1) is 13.5. The zero-order chi connectivity index (χ0) is 19.8. The highest BCUT2D eigenvalue weighted by Gasteiger charge is 2.25. The van der Waals surface area contributed by atoms with Gasteiger partial charge in [0.2, 0.25) is 0 Å². The number of hydrogen-bond donors (Lipinski definition) is 1. The highest BCUT2D eigenvalue weighted by molar-refractivity contribution is 7.99. The molecule has 0 amide bonds. The fourth-order valence-corrected chi connectivity index (χ4v) is 6.47.